The van der Waals surface area contributed by atoms with Crippen molar-refractivity contribution in [3.8, 4) is 0 Å². The summed E-state index contributed by atoms with van der Waals surface area (Å²) in [6, 6.07) is 7.80. The van der Waals surface area contributed by atoms with Crippen LogP contribution in [0.4, 0.5) is 5.69 Å². The van der Waals surface area contributed by atoms with Crippen molar-refractivity contribution < 1.29 is 4.79 Å². The van der Waals surface area contributed by atoms with E-state index < -0.39 is 5.41 Å². The zero-order valence-electron chi connectivity index (χ0n) is 15.0. The second-order valence-electron chi connectivity index (χ2n) is 6.93. The first kappa shape index (κ1) is 17.4. The lowest BCUT2D eigenvalue weighted by Gasteiger charge is -2.17. The molecule has 2 heterocycles. The molecule has 0 bridgehead atoms. The third-order valence-corrected chi connectivity index (χ3v) is 5.04. The Hall–Kier alpha value is -2.41. The number of benzene rings is 1. The molecule has 130 valence electrons. The Bertz CT molecular complexity index is 925. The molecule has 7 heteroatoms. The standard InChI is InChI=1S/C18H21N5OS/c1-11-12(2)21-17-19-10-20-23(17)15(11)25-14-8-6-13(7-9-14)22-16(24)18(3,4)5/h6-10H,1-5H3,(H,22,24). The van der Waals surface area contributed by atoms with Crippen LogP contribution in [0.25, 0.3) is 5.78 Å². The number of carbonyl (C=O) groups excluding carboxylic acids is 1. The van der Waals surface area contributed by atoms with Gasteiger partial charge in [-0.1, -0.05) is 32.5 Å². The van der Waals surface area contributed by atoms with E-state index in [1.165, 1.54) is 6.33 Å². The molecule has 0 radical (unpaired) electrons. The van der Waals surface area contributed by atoms with E-state index in [9.17, 15) is 4.79 Å². The summed E-state index contributed by atoms with van der Waals surface area (Å²) in [6.07, 6.45) is 1.51. The van der Waals surface area contributed by atoms with E-state index in [0.717, 1.165) is 26.9 Å². The highest BCUT2D eigenvalue weighted by molar-refractivity contribution is 7.99. The molecule has 0 spiro atoms. The minimum Gasteiger partial charge on any atom is -0.326 e. The van der Waals surface area contributed by atoms with E-state index in [2.05, 4.69) is 20.4 Å². The SMILES string of the molecule is Cc1nc2ncnn2c(Sc2ccc(NC(=O)C(C)(C)C)cc2)c1C. The van der Waals surface area contributed by atoms with Crippen molar-refractivity contribution in [3.63, 3.8) is 0 Å². The molecule has 0 saturated carbocycles. The molecule has 0 aliphatic rings. The number of carbonyl (C=O) groups is 1. The molecule has 3 rings (SSSR count). The van der Waals surface area contributed by atoms with Crippen LogP contribution in [0.1, 0.15) is 32.0 Å². The summed E-state index contributed by atoms with van der Waals surface area (Å²) in [7, 11) is 0. The molecule has 1 amide bonds. The molecule has 0 atom stereocenters. The van der Waals surface area contributed by atoms with Gasteiger partial charge in [-0.15, -0.1) is 0 Å². The van der Waals surface area contributed by atoms with Crippen LogP contribution in [-0.2, 0) is 4.79 Å². The molecular formula is C18H21N5OS. The summed E-state index contributed by atoms with van der Waals surface area (Å²) >= 11 is 1.60. The van der Waals surface area contributed by atoms with E-state index in [1.807, 2.05) is 58.9 Å². The fraction of sp³-hybridized carbons (Fsp3) is 0.333. The van der Waals surface area contributed by atoms with Gasteiger partial charge in [0.25, 0.3) is 5.78 Å². The molecule has 0 aliphatic heterocycles. The number of nitrogens with one attached hydrogen (secondary N) is 1. The highest BCUT2D eigenvalue weighted by atomic mass is 32.2. The lowest BCUT2D eigenvalue weighted by molar-refractivity contribution is -0.123. The minimum atomic E-state index is -0.419. The summed E-state index contributed by atoms with van der Waals surface area (Å²) in [6.45, 7) is 9.68. The predicted octanol–water partition coefficient (Wildman–Crippen LogP) is 3.88. The van der Waals surface area contributed by atoms with Gasteiger partial charge in [-0.2, -0.15) is 14.6 Å². The first-order valence-corrected chi connectivity index (χ1v) is 8.83. The summed E-state index contributed by atoms with van der Waals surface area (Å²) in [5.74, 6) is 0.595. The second kappa shape index (κ2) is 6.48. The third kappa shape index (κ3) is 3.66. The van der Waals surface area contributed by atoms with Gasteiger partial charge in [0.2, 0.25) is 5.91 Å². The maximum absolute atomic E-state index is 12.1. The van der Waals surface area contributed by atoms with Gasteiger partial charge in [0.15, 0.2) is 0 Å². The molecule has 1 N–H and O–H groups in total. The summed E-state index contributed by atoms with van der Waals surface area (Å²) in [4.78, 5) is 21.7. The van der Waals surface area contributed by atoms with Crippen molar-refractivity contribution >= 4 is 29.1 Å². The highest BCUT2D eigenvalue weighted by Gasteiger charge is 2.21. The topological polar surface area (TPSA) is 72.2 Å². The molecule has 3 aromatic rings. The van der Waals surface area contributed by atoms with Gasteiger partial charge in [-0.05, 0) is 38.1 Å². The van der Waals surface area contributed by atoms with E-state index in [1.54, 1.807) is 16.3 Å². The first-order valence-electron chi connectivity index (χ1n) is 8.02. The van der Waals surface area contributed by atoms with E-state index >= 15 is 0 Å². The Labute approximate surface area is 151 Å². The molecule has 0 aliphatic carbocycles. The monoisotopic (exact) mass is 355 g/mol. The number of nitrogens with zero attached hydrogens (tertiary/aromatic N) is 4. The van der Waals surface area contributed by atoms with Gasteiger partial charge in [0, 0.05) is 27.3 Å². The van der Waals surface area contributed by atoms with Crippen LogP contribution in [0, 0.1) is 19.3 Å². The minimum absolute atomic E-state index is 0.00201. The lowest BCUT2D eigenvalue weighted by atomic mass is 9.95. The zero-order valence-corrected chi connectivity index (χ0v) is 15.8. The maximum Gasteiger partial charge on any atom is 0.253 e. The van der Waals surface area contributed by atoms with Crippen molar-refractivity contribution in [1.29, 1.82) is 0 Å². The fourth-order valence-electron chi connectivity index (χ4n) is 2.16. The number of amides is 1. The maximum atomic E-state index is 12.1. The number of aromatic nitrogens is 4. The Morgan fingerprint density at radius 2 is 1.84 bits per heavy atom. The van der Waals surface area contributed by atoms with E-state index in [-0.39, 0.29) is 5.91 Å². The Kier molecular flexibility index (Phi) is 4.51. The highest BCUT2D eigenvalue weighted by Crippen LogP contribution is 2.32. The first-order chi connectivity index (χ1) is 11.8. The van der Waals surface area contributed by atoms with E-state index in [0.29, 0.717) is 5.78 Å². The molecule has 0 unspecified atom stereocenters. The van der Waals surface area contributed by atoms with Gasteiger partial charge in [-0.25, -0.2) is 4.98 Å². The normalized spacial score (nSPS) is 11.7. The molecule has 0 fully saturated rings. The Balaban J connectivity index is 1.84. The van der Waals surface area contributed by atoms with Gasteiger partial charge in [-0.3, -0.25) is 4.79 Å². The number of aryl methyl sites for hydroxylation is 1. The van der Waals surface area contributed by atoms with Crippen molar-refractivity contribution in [2.24, 2.45) is 5.41 Å². The van der Waals surface area contributed by atoms with Gasteiger partial charge < -0.3 is 5.32 Å². The van der Waals surface area contributed by atoms with Gasteiger partial charge in [0.1, 0.15) is 11.4 Å². The lowest BCUT2D eigenvalue weighted by Crippen LogP contribution is -2.27. The van der Waals surface area contributed by atoms with Gasteiger partial charge >= 0.3 is 0 Å². The Morgan fingerprint density at radius 1 is 1.16 bits per heavy atom. The summed E-state index contributed by atoms with van der Waals surface area (Å²) < 4.78 is 1.75. The predicted molar refractivity (Wildman–Crippen MR) is 98.9 cm³/mol. The number of rotatable bonds is 3. The number of fused-ring (bicyclic) bond motifs is 1. The van der Waals surface area contributed by atoms with Crippen molar-refractivity contribution in [2.75, 3.05) is 5.32 Å². The Morgan fingerprint density at radius 3 is 2.48 bits per heavy atom. The number of hydrogen-bond acceptors (Lipinski definition) is 5. The van der Waals surface area contributed by atoms with Crippen LogP contribution in [0.3, 0.4) is 0 Å². The van der Waals surface area contributed by atoms with Crippen molar-refractivity contribution in [3.05, 3.63) is 41.9 Å². The van der Waals surface area contributed by atoms with Crippen LogP contribution in [0.15, 0.2) is 40.5 Å². The fourth-order valence-corrected chi connectivity index (χ4v) is 3.17. The van der Waals surface area contributed by atoms with Crippen LogP contribution in [0.2, 0.25) is 0 Å². The van der Waals surface area contributed by atoms with Crippen molar-refractivity contribution in [1.82, 2.24) is 19.6 Å². The van der Waals surface area contributed by atoms with Crippen LogP contribution in [-0.4, -0.2) is 25.5 Å². The smallest absolute Gasteiger partial charge is 0.253 e. The molecule has 25 heavy (non-hydrogen) atoms. The number of hydrogen-bond donors (Lipinski definition) is 1. The van der Waals surface area contributed by atoms with Crippen LogP contribution >= 0.6 is 11.8 Å². The van der Waals surface area contributed by atoms with Crippen molar-refractivity contribution in [2.45, 2.75) is 44.5 Å². The average Bonchev–Trinajstić information content (AvgIpc) is 3.00. The molecular weight excluding hydrogens is 334 g/mol. The van der Waals surface area contributed by atoms with E-state index in [4.69, 9.17) is 0 Å². The molecule has 6 nitrogen and oxygen atoms in total. The molecule has 0 saturated heterocycles. The van der Waals surface area contributed by atoms with Crippen LogP contribution in [0.5, 0.6) is 0 Å². The summed E-state index contributed by atoms with van der Waals surface area (Å²) in [5, 5.41) is 8.19. The molecule has 1 aromatic carbocycles. The van der Waals surface area contributed by atoms with Gasteiger partial charge in [0.05, 0.1) is 0 Å². The molecule has 2 aromatic heterocycles. The largest absolute Gasteiger partial charge is 0.326 e. The third-order valence-electron chi connectivity index (χ3n) is 3.86. The number of anilines is 1. The second-order valence-corrected chi connectivity index (χ2v) is 7.99. The summed E-state index contributed by atoms with van der Waals surface area (Å²) in [5.41, 5.74) is 2.39. The average molecular weight is 355 g/mol. The quantitative estimate of drug-likeness (QED) is 0.722. The van der Waals surface area contributed by atoms with Crippen LogP contribution < -0.4 is 5.32 Å². The zero-order chi connectivity index (χ0) is 18.2.